The zero-order valence-electron chi connectivity index (χ0n) is 19.2. The maximum atomic E-state index is 13.1. The second-order valence-corrected chi connectivity index (χ2v) is 10.5. The minimum atomic E-state index is -3.63. The Balaban J connectivity index is 1.73. The summed E-state index contributed by atoms with van der Waals surface area (Å²) in [4.78, 5) is 36.9. The number of esters is 2. The average Bonchev–Trinajstić information content (AvgIpc) is 2.83. The molecule has 0 saturated carbocycles. The van der Waals surface area contributed by atoms with E-state index in [1.54, 1.807) is 0 Å². The second-order valence-electron chi connectivity index (χ2n) is 8.56. The summed E-state index contributed by atoms with van der Waals surface area (Å²) in [6.45, 7) is 3.57. The number of hydrogen-bond donors (Lipinski definition) is 1. The molecule has 0 unspecified atom stereocenters. The van der Waals surface area contributed by atoms with Crippen molar-refractivity contribution in [1.29, 1.82) is 0 Å². The number of carbonyl (C=O) groups excluding carboxylic acids is 3. The molecule has 2 fully saturated rings. The summed E-state index contributed by atoms with van der Waals surface area (Å²) in [7, 11) is -1.20. The fourth-order valence-electron chi connectivity index (χ4n) is 4.16. The van der Waals surface area contributed by atoms with Crippen molar-refractivity contribution in [2.45, 2.75) is 32.6 Å². The van der Waals surface area contributed by atoms with E-state index in [1.165, 1.54) is 41.0 Å². The first-order valence-corrected chi connectivity index (χ1v) is 12.4. The van der Waals surface area contributed by atoms with Gasteiger partial charge >= 0.3 is 11.9 Å². The van der Waals surface area contributed by atoms with Gasteiger partial charge in [-0.3, -0.25) is 4.79 Å². The van der Waals surface area contributed by atoms with Crippen LogP contribution in [0.4, 0.5) is 5.69 Å². The Kier molecular flexibility index (Phi) is 8.09. The minimum Gasteiger partial charge on any atom is -0.465 e. The van der Waals surface area contributed by atoms with Crippen molar-refractivity contribution in [3.8, 4) is 0 Å². The lowest BCUT2D eigenvalue weighted by molar-refractivity contribution is -0.120. The Morgan fingerprint density at radius 1 is 0.909 bits per heavy atom. The Labute approximate surface area is 194 Å². The largest absolute Gasteiger partial charge is 0.465 e. The molecular weight excluding hydrogens is 450 g/mol. The second kappa shape index (κ2) is 10.6. The third-order valence-corrected chi connectivity index (χ3v) is 8.19. The number of rotatable bonds is 6. The summed E-state index contributed by atoms with van der Waals surface area (Å²) in [6.07, 6.45) is 2.76. The van der Waals surface area contributed by atoms with Gasteiger partial charge in [-0.25, -0.2) is 9.59 Å². The minimum absolute atomic E-state index is 0.0841. The number of nitrogens with one attached hydrogen (secondary N) is 1. The molecule has 2 aliphatic rings. The van der Waals surface area contributed by atoms with Crippen LogP contribution in [0.25, 0.3) is 0 Å². The quantitative estimate of drug-likeness (QED) is 0.616. The standard InChI is InChI=1S/C22H31N3O7S/c1-15-6-9-24(10-7-15)33(29,30)25-8-4-5-16(14-25)20(26)23-19-12-17(21(27)31-2)11-18(13-19)22(28)32-3/h11-13,15-16H,4-10,14H2,1-3H3,(H,23,26)/t16-/m0/s1. The molecule has 0 spiro atoms. The van der Waals surface area contributed by atoms with E-state index in [9.17, 15) is 22.8 Å². The number of carbonyl (C=O) groups is 3. The molecule has 1 aromatic carbocycles. The van der Waals surface area contributed by atoms with Gasteiger partial charge in [0.05, 0.1) is 31.3 Å². The lowest BCUT2D eigenvalue weighted by Crippen LogP contribution is -2.51. The van der Waals surface area contributed by atoms with Crippen molar-refractivity contribution in [2.24, 2.45) is 11.8 Å². The maximum absolute atomic E-state index is 13.1. The van der Waals surface area contributed by atoms with Gasteiger partial charge in [-0.2, -0.15) is 17.0 Å². The molecule has 0 aromatic heterocycles. The van der Waals surface area contributed by atoms with Gasteiger partial charge in [0.2, 0.25) is 5.91 Å². The summed E-state index contributed by atoms with van der Waals surface area (Å²) in [6, 6.07) is 4.13. The van der Waals surface area contributed by atoms with Gasteiger partial charge in [-0.1, -0.05) is 6.92 Å². The van der Waals surface area contributed by atoms with Crippen LogP contribution in [0.2, 0.25) is 0 Å². The van der Waals surface area contributed by atoms with E-state index in [2.05, 4.69) is 12.2 Å². The van der Waals surface area contributed by atoms with E-state index in [4.69, 9.17) is 9.47 Å². The smallest absolute Gasteiger partial charge is 0.337 e. The van der Waals surface area contributed by atoms with Crippen LogP contribution < -0.4 is 5.32 Å². The molecule has 0 bridgehead atoms. The van der Waals surface area contributed by atoms with E-state index in [-0.39, 0.29) is 29.3 Å². The molecule has 1 N–H and O–H groups in total. The summed E-state index contributed by atoms with van der Waals surface area (Å²) < 4.78 is 38.5. The number of amides is 1. The van der Waals surface area contributed by atoms with E-state index in [1.807, 2.05) is 0 Å². The number of methoxy groups -OCH3 is 2. The first-order valence-electron chi connectivity index (χ1n) is 11.0. The van der Waals surface area contributed by atoms with Crippen LogP contribution in [0, 0.1) is 11.8 Å². The number of nitrogens with zero attached hydrogens (tertiary/aromatic N) is 2. The molecule has 10 nitrogen and oxygen atoms in total. The fraction of sp³-hybridized carbons (Fsp3) is 0.591. The fourth-order valence-corrected chi connectivity index (χ4v) is 5.89. The lowest BCUT2D eigenvalue weighted by Gasteiger charge is -2.37. The molecule has 1 aromatic rings. The SMILES string of the molecule is COC(=O)c1cc(NC(=O)[C@H]2CCCN(S(=O)(=O)N3CCC(C)CC3)C2)cc(C(=O)OC)c1. The van der Waals surface area contributed by atoms with Crippen molar-refractivity contribution >= 4 is 33.7 Å². The van der Waals surface area contributed by atoms with Crippen molar-refractivity contribution in [3.63, 3.8) is 0 Å². The molecule has 0 aliphatic carbocycles. The van der Waals surface area contributed by atoms with Gasteiger partial charge in [0.1, 0.15) is 0 Å². The number of piperidine rings is 2. The van der Waals surface area contributed by atoms with Crippen molar-refractivity contribution in [2.75, 3.05) is 45.7 Å². The Hall–Kier alpha value is -2.50. The molecule has 2 saturated heterocycles. The number of hydrogen-bond acceptors (Lipinski definition) is 7. The van der Waals surface area contributed by atoms with Gasteiger partial charge in [-0.05, 0) is 49.8 Å². The molecule has 1 atom stereocenters. The van der Waals surface area contributed by atoms with Gasteiger partial charge in [0.15, 0.2) is 0 Å². The molecule has 2 aliphatic heterocycles. The highest BCUT2D eigenvalue weighted by molar-refractivity contribution is 7.86. The Bertz CT molecular complexity index is 969. The third kappa shape index (κ3) is 5.90. The normalized spacial score (nSPS) is 20.8. The number of anilines is 1. The van der Waals surface area contributed by atoms with E-state index >= 15 is 0 Å². The molecule has 182 valence electrons. The van der Waals surface area contributed by atoms with Gasteiger partial charge < -0.3 is 14.8 Å². The van der Waals surface area contributed by atoms with Gasteiger partial charge in [0, 0.05) is 31.9 Å². The van der Waals surface area contributed by atoms with Crippen molar-refractivity contribution < 1.29 is 32.3 Å². The van der Waals surface area contributed by atoms with Crippen LogP contribution in [-0.4, -0.2) is 75.3 Å². The van der Waals surface area contributed by atoms with Gasteiger partial charge in [0.25, 0.3) is 10.2 Å². The summed E-state index contributed by atoms with van der Waals surface area (Å²) in [5, 5.41) is 2.72. The first kappa shape index (κ1) is 25.1. The van der Waals surface area contributed by atoms with Crippen LogP contribution in [0.15, 0.2) is 18.2 Å². The van der Waals surface area contributed by atoms with Crippen molar-refractivity contribution in [3.05, 3.63) is 29.3 Å². The first-order chi connectivity index (χ1) is 15.6. The molecule has 33 heavy (non-hydrogen) atoms. The monoisotopic (exact) mass is 481 g/mol. The highest BCUT2D eigenvalue weighted by atomic mass is 32.2. The van der Waals surface area contributed by atoms with Gasteiger partial charge in [-0.15, -0.1) is 0 Å². The molecule has 2 heterocycles. The zero-order chi connectivity index (χ0) is 24.2. The van der Waals surface area contributed by atoms with Crippen LogP contribution in [-0.2, 0) is 24.5 Å². The summed E-state index contributed by atoms with van der Waals surface area (Å²) >= 11 is 0. The third-order valence-electron chi connectivity index (χ3n) is 6.19. The predicted octanol–water partition coefficient (Wildman–Crippen LogP) is 1.89. The average molecular weight is 482 g/mol. The topological polar surface area (TPSA) is 122 Å². The Morgan fingerprint density at radius 2 is 1.48 bits per heavy atom. The van der Waals surface area contributed by atoms with Crippen LogP contribution in [0.5, 0.6) is 0 Å². The van der Waals surface area contributed by atoms with E-state index in [0.717, 1.165) is 12.8 Å². The van der Waals surface area contributed by atoms with Crippen LogP contribution >= 0.6 is 0 Å². The van der Waals surface area contributed by atoms with Crippen LogP contribution in [0.1, 0.15) is 53.3 Å². The highest BCUT2D eigenvalue weighted by Crippen LogP contribution is 2.26. The lowest BCUT2D eigenvalue weighted by atomic mass is 9.98. The van der Waals surface area contributed by atoms with Crippen LogP contribution in [0.3, 0.4) is 0 Å². The number of ether oxygens (including phenoxy) is 2. The molecular formula is C22H31N3O7S. The Morgan fingerprint density at radius 3 is 2.03 bits per heavy atom. The predicted molar refractivity (Wildman–Crippen MR) is 121 cm³/mol. The molecule has 11 heteroatoms. The summed E-state index contributed by atoms with van der Waals surface area (Å²) in [5.41, 5.74) is 0.402. The summed E-state index contributed by atoms with van der Waals surface area (Å²) in [5.74, 6) is -1.75. The highest BCUT2D eigenvalue weighted by Gasteiger charge is 2.37. The maximum Gasteiger partial charge on any atom is 0.337 e. The number of benzene rings is 1. The molecule has 0 radical (unpaired) electrons. The van der Waals surface area contributed by atoms with E-state index < -0.39 is 28.1 Å². The molecule has 1 amide bonds. The zero-order valence-corrected chi connectivity index (χ0v) is 20.0. The van der Waals surface area contributed by atoms with E-state index in [0.29, 0.717) is 38.4 Å². The van der Waals surface area contributed by atoms with Crippen molar-refractivity contribution in [1.82, 2.24) is 8.61 Å². The molecule has 3 rings (SSSR count).